The quantitative estimate of drug-likeness (QED) is 0.233. The van der Waals surface area contributed by atoms with Crippen molar-refractivity contribution in [3.8, 4) is 0 Å². The van der Waals surface area contributed by atoms with Crippen molar-refractivity contribution in [2.45, 2.75) is 37.8 Å². The monoisotopic (exact) mass is 364 g/mol. The lowest BCUT2D eigenvalue weighted by Gasteiger charge is -2.17. The second kappa shape index (κ2) is 9.70. The molecule has 0 radical (unpaired) electrons. The van der Waals surface area contributed by atoms with E-state index < -0.39 is 44.5 Å². The maximum atomic E-state index is 11.9. The summed E-state index contributed by atoms with van der Waals surface area (Å²) in [4.78, 5) is 32.6. The molecule has 0 saturated heterocycles. The molecule has 0 spiro atoms. The molecule has 134 valence electrons. The third-order valence-corrected chi connectivity index (χ3v) is 4.13. The fourth-order valence-corrected chi connectivity index (χ4v) is 2.96. The molecule has 6 N–H and O–H groups in total. The van der Waals surface area contributed by atoms with Crippen molar-refractivity contribution < 1.29 is 34.3 Å². The Kier molecular flexibility index (Phi) is 7.95. The van der Waals surface area contributed by atoms with Crippen LogP contribution in [-0.4, -0.2) is 65.9 Å². The Labute approximate surface area is 135 Å². The highest BCUT2D eigenvalue weighted by Crippen LogP contribution is 2.16. The van der Waals surface area contributed by atoms with E-state index in [-0.39, 0.29) is 19.3 Å². The molecule has 0 aliphatic rings. The van der Waals surface area contributed by atoms with Crippen LogP contribution in [0.1, 0.15) is 25.1 Å². The van der Waals surface area contributed by atoms with Gasteiger partial charge in [0.1, 0.15) is 17.9 Å². The Hall–Kier alpha value is -2.37. The number of hydrogen-bond donors (Lipinski definition) is 6. The molecule has 14 heteroatoms. The summed E-state index contributed by atoms with van der Waals surface area (Å²) in [6.07, 6.45) is -0.533. The summed E-state index contributed by atoms with van der Waals surface area (Å²) in [5.74, 6) is -3.50. The van der Waals surface area contributed by atoms with Crippen LogP contribution in [0.3, 0.4) is 0 Å². The van der Waals surface area contributed by atoms with Crippen LogP contribution >= 0.6 is 8.10 Å². The molecule has 0 fully saturated rings. The van der Waals surface area contributed by atoms with E-state index in [0.717, 1.165) is 0 Å². The molecule has 13 nitrogen and oxygen atoms in total. The highest BCUT2D eigenvalue weighted by atomic mass is 31.1. The minimum atomic E-state index is -2.98. The predicted molar refractivity (Wildman–Crippen MR) is 77.5 cm³/mol. The number of tetrazole rings is 1. The number of aryl methyl sites for hydroxylation is 1. The van der Waals surface area contributed by atoms with E-state index in [1.54, 1.807) is 0 Å². The lowest BCUT2D eigenvalue weighted by Crippen LogP contribution is -2.39. The minimum Gasteiger partial charge on any atom is -0.481 e. The predicted octanol–water partition coefficient (Wildman–Crippen LogP) is -1.53. The van der Waals surface area contributed by atoms with Gasteiger partial charge in [-0.3, -0.25) is 18.9 Å². The standard InChI is InChI=1S/C10H17N6O7P/c17-8(18)4-2-6(10(21)22)14-24(23)13-5(9(19)20)1-3-7-11-15-16-12-7/h5-6,24H,1-4H2,(H,17,18)(H,19,20)(H,21,22)(H2,13,14,23)(H,11,12,15,16)/t5-,6-/m0/s1. The Balaban J connectivity index is 2.54. The first-order valence-corrected chi connectivity index (χ1v) is 8.17. The number of aliphatic carboxylic acids is 3. The Morgan fingerprint density at radius 2 is 1.67 bits per heavy atom. The third kappa shape index (κ3) is 7.26. The summed E-state index contributed by atoms with van der Waals surface area (Å²) < 4.78 is 11.9. The zero-order chi connectivity index (χ0) is 18.1. The molecule has 0 saturated carbocycles. The average molecular weight is 364 g/mol. The number of aromatic nitrogens is 4. The number of carboxylic acids is 3. The minimum absolute atomic E-state index is 0.0111. The molecule has 3 atom stereocenters. The van der Waals surface area contributed by atoms with Crippen molar-refractivity contribution in [2.24, 2.45) is 0 Å². The van der Waals surface area contributed by atoms with Crippen LogP contribution in [-0.2, 0) is 25.4 Å². The molecular weight excluding hydrogens is 347 g/mol. The molecular formula is C10H17N6O7P. The molecule has 0 aliphatic heterocycles. The smallest absolute Gasteiger partial charge is 0.321 e. The van der Waals surface area contributed by atoms with Crippen LogP contribution in [0.5, 0.6) is 0 Å². The first kappa shape index (κ1) is 19.7. The molecule has 1 rings (SSSR count). The van der Waals surface area contributed by atoms with Gasteiger partial charge in [0.2, 0.25) is 8.10 Å². The Morgan fingerprint density at radius 1 is 1.08 bits per heavy atom. The summed E-state index contributed by atoms with van der Waals surface area (Å²) in [5.41, 5.74) is 0. The van der Waals surface area contributed by atoms with E-state index in [2.05, 4.69) is 30.8 Å². The number of H-pyrrole nitrogens is 1. The number of nitrogens with zero attached hydrogens (tertiary/aromatic N) is 3. The van der Waals surface area contributed by atoms with E-state index in [4.69, 9.17) is 15.3 Å². The summed E-state index contributed by atoms with van der Waals surface area (Å²) in [7, 11) is -2.98. The van der Waals surface area contributed by atoms with Gasteiger partial charge in [-0.1, -0.05) is 0 Å². The van der Waals surface area contributed by atoms with Crippen LogP contribution in [0.4, 0.5) is 0 Å². The molecule has 0 amide bonds. The Bertz CT molecular complexity index is 595. The van der Waals surface area contributed by atoms with Crippen molar-refractivity contribution >= 4 is 26.0 Å². The largest absolute Gasteiger partial charge is 0.481 e. The summed E-state index contributed by atoms with van der Waals surface area (Å²) in [6, 6.07) is -2.59. The molecule has 1 aromatic rings. The summed E-state index contributed by atoms with van der Waals surface area (Å²) in [6.45, 7) is 0. The van der Waals surface area contributed by atoms with E-state index in [1.165, 1.54) is 0 Å². The second-order valence-electron chi connectivity index (χ2n) is 4.72. The highest BCUT2D eigenvalue weighted by Gasteiger charge is 2.24. The van der Waals surface area contributed by atoms with Gasteiger partial charge in [-0.2, -0.15) is 0 Å². The van der Waals surface area contributed by atoms with Crippen molar-refractivity contribution in [3.05, 3.63) is 5.82 Å². The van der Waals surface area contributed by atoms with Crippen molar-refractivity contribution in [3.63, 3.8) is 0 Å². The summed E-state index contributed by atoms with van der Waals surface area (Å²) >= 11 is 0. The number of rotatable bonds is 12. The SMILES string of the molecule is O=C(O)CC[C@H](N[PH](=O)N[C@@H](CCc1nnn[nH]1)C(=O)O)C(=O)O. The van der Waals surface area contributed by atoms with Crippen molar-refractivity contribution in [2.75, 3.05) is 0 Å². The third-order valence-electron chi connectivity index (χ3n) is 2.91. The van der Waals surface area contributed by atoms with Gasteiger partial charge in [-0.25, -0.2) is 15.3 Å². The molecule has 1 aromatic heterocycles. The lowest BCUT2D eigenvalue weighted by atomic mass is 10.2. The van der Waals surface area contributed by atoms with Crippen LogP contribution in [0.2, 0.25) is 0 Å². The number of aromatic amines is 1. The maximum Gasteiger partial charge on any atom is 0.321 e. The van der Waals surface area contributed by atoms with Gasteiger partial charge in [0.25, 0.3) is 0 Å². The normalized spacial score (nSPS) is 14.7. The fraction of sp³-hybridized carbons (Fsp3) is 0.600. The van der Waals surface area contributed by atoms with E-state index in [0.29, 0.717) is 5.82 Å². The van der Waals surface area contributed by atoms with E-state index >= 15 is 0 Å². The van der Waals surface area contributed by atoms with Gasteiger partial charge in [0, 0.05) is 12.8 Å². The van der Waals surface area contributed by atoms with Gasteiger partial charge in [0.15, 0.2) is 0 Å². The van der Waals surface area contributed by atoms with Crippen LogP contribution in [0.25, 0.3) is 0 Å². The maximum absolute atomic E-state index is 11.9. The number of hydrogen-bond acceptors (Lipinski definition) is 7. The fourth-order valence-electron chi connectivity index (χ4n) is 1.71. The second-order valence-corrected chi connectivity index (χ2v) is 5.95. The number of carboxylic acid groups (broad SMARTS) is 3. The lowest BCUT2D eigenvalue weighted by molar-refractivity contribution is -0.140. The van der Waals surface area contributed by atoms with Gasteiger partial charge in [-0.15, -0.1) is 5.10 Å². The van der Waals surface area contributed by atoms with Gasteiger partial charge in [-0.05, 0) is 23.3 Å². The van der Waals surface area contributed by atoms with Gasteiger partial charge >= 0.3 is 17.9 Å². The number of carbonyl (C=O) groups is 3. The first-order valence-electron chi connectivity index (χ1n) is 6.76. The Morgan fingerprint density at radius 3 is 2.12 bits per heavy atom. The molecule has 0 aliphatic carbocycles. The topological polar surface area (TPSA) is 207 Å². The average Bonchev–Trinajstić information content (AvgIpc) is 3.00. The van der Waals surface area contributed by atoms with E-state index in [9.17, 15) is 18.9 Å². The molecule has 0 aromatic carbocycles. The van der Waals surface area contributed by atoms with Crippen LogP contribution in [0, 0.1) is 0 Å². The van der Waals surface area contributed by atoms with Crippen molar-refractivity contribution in [1.82, 2.24) is 30.8 Å². The molecule has 24 heavy (non-hydrogen) atoms. The molecule has 0 bridgehead atoms. The highest BCUT2D eigenvalue weighted by molar-refractivity contribution is 7.40. The van der Waals surface area contributed by atoms with Gasteiger partial charge < -0.3 is 15.3 Å². The van der Waals surface area contributed by atoms with Crippen LogP contribution < -0.4 is 10.2 Å². The molecule has 1 unspecified atom stereocenters. The number of nitrogens with one attached hydrogen (secondary N) is 3. The van der Waals surface area contributed by atoms with Gasteiger partial charge in [0.05, 0.1) is 0 Å². The molecule has 1 heterocycles. The van der Waals surface area contributed by atoms with Crippen LogP contribution in [0.15, 0.2) is 0 Å². The van der Waals surface area contributed by atoms with E-state index in [1.807, 2.05) is 0 Å². The summed E-state index contributed by atoms with van der Waals surface area (Å²) in [5, 5.41) is 43.8. The first-order chi connectivity index (χ1) is 11.3. The zero-order valence-electron chi connectivity index (χ0n) is 12.3. The van der Waals surface area contributed by atoms with Crippen molar-refractivity contribution in [1.29, 1.82) is 0 Å². The zero-order valence-corrected chi connectivity index (χ0v) is 13.3.